The lowest BCUT2D eigenvalue weighted by atomic mass is 10.2. The highest BCUT2D eigenvalue weighted by atomic mass is 127. The minimum absolute atomic E-state index is 0.741. The lowest BCUT2D eigenvalue weighted by Gasteiger charge is -2.26. The van der Waals surface area contributed by atoms with Gasteiger partial charge >= 0.3 is 0 Å². The molecule has 2 nitrogen and oxygen atoms in total. The van der Waals surface area contributed by atoms with Crippen molar-refractivity contribution in [3.05, 3.63) is 32.5 Å². The zero-order valence-electron chi connectivity index (χ0n) is 6.47. The zero-order valence-corrected chi connectivity index (χ0v) is 8.62. The number of benzene rings is 1. The van der Waals surface area contributed by atoms with E-state index in [9.17, 15) is 5.21 Å². The SMILES string of the molecule is Cc1ccc(I)c(N(C)[O-])c1. The molecule has 60 valence electrons. The van der Waals surface area contributed by atoms with Crippen LogP contribution >= 0.6 is 22.6 Å². The minimum atomic E-state index is 0.741. The summed E-state index contributed by atoms with van der Waals surface area (Å²) >= 11 is 2.15. The van der Waals surface area contributed by atoms with Crippen molar-refractivity contribution in [2.45, 2.75) is 6.92 Å². The fourth-order valence-corrected chi connectivity index (χ4v) is 1.54. The van der Waals surface area contributed by atoms with Crippen LogP contribution in [0.3, 0.4) is 0 Å². The second kappa shape index (κ2) is 3.40. The number of hydroxylamine groups is 1. The quantitative estimate of drug-likeness (QED) is 0.574. The van der Waals surface area contributed by atoms with E-state index in [-0.39, 0.29) is 0 Å². The van der Waals surface area contributed by atoms with E-state index in [4.69, 9.17) is 0 Å². The predicted octanol–water partition coefficient (Wildman–Crippen LogP) is 2.53. The van der Waals surface area contributed by atoms with Crippen molar-refractivity contribution in [1.82, 2.24) is 0 Å². The van der Waals surface area contributed by atoms with Crippen LogP contribution in [0, 0.1) is 15.7 Å². The Labute approximate surface area is 79.9 Å². The molecule has 0 aliphatic rings. The van der Waals surface area contributed by atoms with Gasteiger partial charge in [-0.2, -0.15) is 0 Å². The van der Waals surface area contributed by atoms with Crippen molar-refractivity contribution in [2.24, 2.45) is 0 Å². The van der Waals surface area contributed by atoms with Gasteiger partial charge in [-0.1, -0.05) is 6.07 Å². The Hall–Kier alpha value is -0.290. The van der Waals surface area contributed by atoms with Gasteiger partial charge in [-0.15, -0.1) is 0 Å². The first-order valence-electron chi connectivity index (χ1n) is 3.28. The molecule has 0 aromatic heterocycles. The molecule has 0 aliphatic heterocycles. The van der Waals surface area contributed by atoms with E-state index >= 15 is 0 Å². The Balaban J connectivity index is 3.13. The first kappa shape index (κ1) is 8.80. The Morgan fingerprint density at radius 3 is 2.55 bits per heavy atom. The van der Waals surface area contributed by atoms with Crippen molar-refractivity contribution in [3.63, 3.8) is 0 Å². The predicted molar refractivity (Wildman–Crippen MR) is 55.7 cm³/mol. The summed E-state index contributed by atoms with van der Waals surface area (Å²) in [5.74, 6) is 0. The van der Waals surface area contributed by atoms with Crippen LogP contribution in [0.25, 0.3) is 0 Å². The number of halogens is 1. The van der Waals surface area contributed by atoms with Gasteiger partial charge in [0.05, 0.1) is 0 Å². The minimum Gasteiger partial charge on any atom is -0.758 e. The van der Waals surface area contributed by atoms with Gasteiger partial charge in [0.15, 0.2) is 0 Å². The summed E-state index contributed by atoms with van der Waals surface area (Å²) in [6.07, 6.45) is 0. The highest BCUT2D eigenvalue weighted by Gasteiger charge is 1.97. The normalized spacial score (nSPS) is 9.82. The number of nitrogens with zero attached hydrogens (tertiary/aromatic N) is 1. The molecule has 0 atom stereocenters. The van der Waals surface area contributed by atoms with E-state index in [1.54, 1.807) is 0 Å². The maximum Gasteiger partial charge on any atom is 0.0395 e. The van der Waals surface area contributed by atoms with Crippen LogP contribution in [-0.2, 0) is 0 Å². The number of anilines is 1. The molecular formula is C8H9INO-. The number of hydrogen-bond acceptors (Lipinski definition) is 2. The molecule has 1 aromatic carbocycles. The molecule has 0 N–H and O–H groups in total. The first-order valence-corrected chi connectivity index (χ1v) is 4.36. The molecule has 0 fully saturated rings. The average molecular weight is 262 g/mol. The van der Waals surface area contributed by atoms with Crippen LogP contribution in [-0.4, -0.2) is 7.05 Å². The van der Waals surface area contributed by atoms with Gasteiger partial charge in [-0.3, -0.25) is 0 Å². The zero-order chi connectivity index (χ0) is 8.43. The van der Waals surface area contributed by atoms with Gasteiger partial charge in [-0.05, 0) is 54.3 Å². The fraction of sp³-hybridized carbons (Fsp3) is 0.250. The van der Waals surface area contributed by atoms with Crippen molar-refractivity contribution < 1.29 is 0 Å². The summed E-state index contributed by atoms with van der Waals surface area (Å²) < 4.78 is 0.991. The van der Waals surface area contributed by atoms with E-state index in [1.165, 1.54) is 7.05 Å². The lowest BCUT2D eigenvalue weighted by Crippen LogP contribution is -2.07. The number of hydrogen-bond donors (Lipinski definition) is 0. The topological polar surface area (TPSA) is 26.3 Å². The summed E-state index contributed by atoms with van der Waals surface area (Å²) in [5, 5.41) is 11.8. The summed E-state index contributed by atoms with van der Waals surface area (Å²) in [4.78, 5) is 0. The van der Waals surface area contributed by atoms with Gasteiger partial charge in [0, 0.05) is 9.26 Å². The molecule has 11 heavy (non-hydrogen) atoms. The van der Waals surface area contributed by atoms with Crippen molar-refractivity contribution in [1.29, 1.82) is 0 Å². The summed E-state index contributed by atoms with van der Waals surface area (Å²) in [6.45, 7) is 1.98. The first-order chi connectivity index (χ1) is 5.11. The molecule has 0 aliphatic carbocycles. The molecule has 1 rings (SSSR count). The van der Waals surface area contributed by atoms with E-state index in [0.717, 1.165) is 19.9 Å². The highest BCUT2D eigenvalue weighted by molar-refractivity contribution is 14.1. The Kier molecular flexibility index (Phi) is 2.72. The van der Waals surface area contributed by atoms with Crippen LogP contribution in [0.4, 0.5) is 5.69 Å². The fourth-order valence-electron chi connectivity index (χ4n) is 0.864. The van der Waals surface area contributed by atoms with Crippen LogP contribution in [0.5, 0.6) is 0 Å². The summed E-state index contributed by atoms with van der Waals surface area (Å²) in [6, 6.07) is 5.82. The third-order valence-corrected chi connectivity index (χ3v) is 2.35. The van der Waals surface area contributed by atoms with Crippen molar-refractivity contribution in [3.8, 4) is 0 Å². The van der Waals surface area contributed by atoms with Crippen LogP contribution < -0.4 is 5.06 Å². The van der Waals surface area contributed by atoms with Crippen LogP contribution in [0.2, 0.25) is 0 Å². The molecule has 3 heteroatoms. The van der Waals surface area contributed by atoms with Crippen LogP contribution in [0.1, 0.15) is 5.56 Å². The monoisotopic (exact) mass is 262 g/mol. The molecule has 0 saturated heterocycles. The van der Waals surface area contributed by atoms with Gasteiger partial charge < -0.3 is 10.3 Å². The second-order valence-electron chi connectivity index (χ2n) is 2.45. The van der Waals surface area contributed by atoms with E-state index in [1.807, 2.05) is 25.1 Å². The van der Waals surface area contributed by atoms with Crippen molar-refractivity contribution >= 4 is 28.3 Å². The third-order valence-electron chi connectivity index (χ3n) is 1.44. The number of rotatable bonds is 1. The van der Waals surface area contributed by atoms with E-state index < -0.39 is 0 Å². The summed E-state index contributed by atoms with van der Waals surface area (Å²) in [5.41, 5.74) is 1.86. The maximum absolute atomic E-state index is 10.9. The van der Waals surface area contributed by atoms with Gasteiger partial charge in [-0.25, -0.2) is 0 Å². The molecule has 0 spiro atoms. The molecule has 0 unspecified atom stereocenters. The molecule has 0 radical (unpaired) electrons. The lowest BCUT2D eigenvalue weighted by molar-refractivity contribution is 1.20. The molecule has 1 aromatic rings. The smallest absolute Gasteiger partial charge is 0.0395 e. The molecule has 0 heterocycles. The molecule has 0 saturated carbocycles. The van der Waals surface area contributed by atoms with Gasteiger partial charge in [0.2, 0.25) is 0 Å². The van der Waals surface area contributed by atoms with E-state index in [0.29, 0.717) is 0 Å². The van der Waals surface area contributed by atoms with E-state index in [2.05, 4.69) is 22.6 Å². The third kappa shape index (κ3) is 2.07. The summed E-state index contributed by atoms with van der Waals surface area (Å²) in [7, 11) is 1.51. The van der Waals surface area contributed by atoms with Gasteiger partial charge in [0.1, 0.15) is 0 Å². The molecule has 0 amide bonds. The standard InChI is InChI=1S/C8H9INO/c1-6-3-4-7(9)8(5-6)10(2)11/h3-5H,1-2H3/q-1. The van der Waals surface area contributed by atoms with Crippen molar-refractivity contribution in [2.75, 3.05) is 12.1 Å². The largest absolute Gasteiger partial charge is 0.758 e. The second-order valence-corrected chi connectivity index (χ2v) is 3.61. The molecule has 0 bridgehead atoms. The average Bonchev–Trinajstić information content (AvgIpc) is 1.94. The Morgan fingerprint density at radius 1 is 1.45 bits per heavy atom. The van der Waals surface area contributed by atoms with Gasteiger partial charge in [0.25, 0.3) is 0 Å². The highest BCUT2D eigenvalue weighted by Crippen LogP contribution is 2.21. The number of aryl methyl sites for hydroxylation is 1. The molecular weight excluding hydrogens is 253 g/mol. The van der Waals surface area contributed by atoms with Crippen LogP contribution in [0.15, 0.2) is 18.2 Å². The Bertz CT molecular complexity index is 260. The maximum atomic E-state index is 10.9. The Morgan fingerprint density at radius 2 is 2.09 bits per heavy atom.